The van der Waals surface area contributed by atoms with E-state index in [1.807, 2.05) is 12.1 Å². The third kappa shape index (κ3) is 5.64. The number of guanidine groups is 1. The minimum Gasteiger partial charge on any atom is -0.497 e. The van der Waals surface area contributed by atoms with Crippen LogP contribution in [0.2, 0.25) is 0 Å². The Labute approximate surface area is 186 Å². The summed E-state index contributed by atoms with van der Waals surface area (Å²) in [6.45, 7) is 10.4. The van der Waals surface area contributed by atoms with Crippen LogP contribution in [0.5, 0.6) is 11.5 Å². The van der Waals surface area contributed by atoms with Gasteiger partial charge in [-0.3, -0.25) is 14.8 Å². The topological polar surface area (TPSA) is 52.6 Å². The maximum absolute atomic E-state index is 5.54. The second-order valence-electron chi connectivity index (χ2n) is 7.22. The van der Waals surface area contributed by atoms with Gasteiger partial charge >= 0.3 is 0 Å². The number of rotatable bonds is 7. The van der Waals surface area contributed by atoms with Crippen LogP contribution >= 0.6 is 24.0 Å². The molecule has 3 aliphatic rings. The highest BCUT2D eigenvalue weighted by molar-refractivity contribution is 14.0. The summed E-state index contributed by atoms with van der Waals surface area (Å²) < 4.78 is 10.8. The lowest BCUT2D eigenvalue weighted by Gasteiger charge is -2.47. The molecule has 3 fully saturated rings. The van der Waals surface area contributed by atoms with Crippen molar-refractivity contribution in [2.75, 3.05) is 67.1 Å². The molecule has 1 unspecified atom stereocenters. The zero-order chi connectivity index (χ0) is 19.2. The molecule has 3 aliphatic heterocycles. The molecule has 0 aliphatic carbocycles. The molecule has 4 rings (SSSR count). The first-order valence-corrected chi connectivity index (χ1v) is 9.81. The summed E-state index contributed by atoms with van der Waals surface area (Å²) in [4.78, 5) is 12.2. The average Bonchev–Trinajstić information content (AvgIpc) is 2.72. The molecule has 1 aromatic rings. The number of nitrogens with one attached hydrogen (secondary N) is 1. The van der Waals surface area contributed by atoms with E-state index in [0.717, 1.165) is 49.2 Å². The number of hydrogen-bond acceptors (Lipinski definition) is 5. The number of methoxy groups -OCH3 is 2. The highest BCUT2D eigenvalue weighted by Gasteiger charge is 2.31. The van der Waals surface area contributed by atoms with Crippen molar-refractivity contribution in [2.24, 2.45) is 4.99 Å². The summed E-state index contributed by atoms with van der Waals surface area (Å²) in [7, 11) is 5.43. The Balaban J connectivity index is 0.00000280. The van der Waals surface area contributed by atoms with Gasteiger partial charge in [0.05, 0.1) is 20.8 Å². The van der Waals surface area contributed by atoms with Gasteiger partial charge in [0, 0.05) is 70.5 Å². The van der Waals surface area contributed by atoms with E-state index in [1.165, 1.54) is 26.2 Å². The molecule has 7 nitrogen and oxygen atoms in total. The smallest absolute Gasteiger partial charge is 0.194 e. The third-order valence-electron chi connectivity index (χ3n) is 5.44. The van der Waals surface area contributed by atoms with E-state index in [-0.39, 0.29) is 24.0 Å². The molecule has 3 heterocycles. The van der Waals surface area contributed by atoms with Crippen molar-refractivity contribution in [2.45, 2.75) is 19.5 Å². The molecule has 3 saturated heterocycles. The van der Waals surface area contributed by atoms with Crippen LogP contribution in [0.3, 0.4) is 0 Å². The Kier molecular flexibility index (Phi) is 9.10. The van der Waals surface area contributed by atoms with Gasteiger partial charge in [0.25, 0.3) is 0 Å². The van der Waals surface area contributed by atoms with Crippen molar-refractivity contribution in [3.05, 3.63) is 23.8 Å². The van der Waals surface area contributed by atoms with Gasteiger partial charge in [-0.1, -0.05) is 0 Å². The van der Waals surface area contributed by atoms with E-state index in [9.17, 15) is 0 Å². The highest BCUT2D eigenvalue weighted by atomic mass is 127. The van der Waals surface area contributed by atoms with Crippen molar-refractivity contribution in [3.63, 3.8) is 0 Å². The van der Waals surface area contributed by atoms with Crippen LogP contribution in [0.1, 0.15) is 12.5 Å². The van der Waals surface area contributed by atoms with Gasteiger partial charge in [0.15, 0.2) is 5.96 Å². The number of aliphatic imine (C=N–C) groups is 1. The lowest BCUT2D eigenvalue weighted by Crippen LogP contribution is -2.62. The van der Waals surface area contributed by atoms with Gasteiger partial charge in [0.2, 0.25) is 0 Å². The molecule has 1 aromatic carbocycles. The van der Waals surface area contributed by atoms with Gasteiger partial charge < -0.3 is 19.7 Å². The Morgan fingerprint density at radius 1 is 1.21 bits per heavy atom. The van der Waals surface area contributed by atoms with Crippen LogP contribution < -0.4 is 14.8 Å². The minimum absolute atomic E-state index is 0. The van der Waals surface area contributed by atoms with Crippen LogP contribution in [-0.4, -0.2) is 93.8 Å². The molecular formula is C20H34IN5O2. The van der Waals surface area contributed by atoms with Gasteiger partial charge in [-0.25, -0.2) is 0 Å². The van der Waals surface area contributed by atoms with Gasteiger partial charge in [-0.2, -0.15) is 0 Å². The zero-order valence-corrected chi connectivity index (χ0v) is 19.8. The van der Waals surface area contributed by atoms with E-state index in [4.69, 9.17) is 14.5 Å². The summed E-state index contributed by atoms with van der Waals surface area (Å²) >= 11 is 0. The van der Waals surface area contributed by atoms with Crippen molar-refractivity contribution in [1.82, 2.24) is 20.0 Å². The predicted molar refractivity (Wildman–Crippen MR) is 124 cm³/mol. The van der Waals surface area contributed by atoms with Crippen molar-refractivity contribution >= 4 is 29.9 Å². The molecule has 0 radical (unpaired) electrons. The van der Waals surface area contributed by atoms with E-state index in [0.29, 0.717) is 6.04 Å². The van der Waals surface area contributed by atoms with Gasteiger partial charge in [-0.05, 0) is 19.1 Å². The summed E-state index contributed by atoms with van der Waals surface area (Å²) in [5.41, 5.74) is 1.11. The van der Waals surface area contributed by atoms with E-state index in [2.05, 4.69) is 40.1 Å². The Hall–Kier alpha value is -1.26. The Morgan fingerprint density at radius 2 is 1.96 bits per heavy atom. The van der Waals surface area contributed by atoms with Crippen molar-refractivity contribution in [3.8, 4) is 11.5 Å². The average molecular weight is 503 g/mol. The first kappa shape index (κ1) is 23.0. The number of hydrogen-bond donors (Lipinski definition) is 1. The van der Waals surface area contributed by atoms with Crippen LogP contribution in [0.25, 0.3) is 0 Å². The van der Waals surface area contributed by atoms with Crippen LogP contribution in [0.4, 0.5) is 0 Å². The Morgan fingerprint density at radius 3 is 2.54 bits per heavy atom. The SMILES string of the molecule is CCNC(=NCC1CN2CCN1CC2)N(C)Cc1ccc(OC)cc1OC.I. The maximum Gasteiger partial charge on any atom is 0.194 e. The first-order chi connectivity index (χ1) is 13.1. The highest BCUT2D eigenvalue weighted by Crippen LogP contribution is 2.25. The summed E-state index contributed by atoms with van der Waals surface area (Å²) in [6.07, 6.45) is 0. The molecule has 8 heteroatoms. The van der Waals surface area contributed by atoms with E-state index in [1.54, 1.807) is 14.2 Å². The minimum atomic E-state index is 0. The molecule has 2 bridgehead atoms. The summed E-state index contributed by atoms with van der Waals surface area (Å²) in [5.74, 6) is 2.57. The van der Waals surface area contributed by atoms with Crippen LogP contribution in [0, 0.1) is 0 Å². The molecule has 0 amide bonds. The van der Waals surface area contributed by atoms with Crippen molar-refractivity contribution < 1.29 is 9.47 Å². The maximum atomic E-state index is 5.54. The molecular weight excluding hydrogens is 469 g/mol. The number of nitrogens with zero attached hydrogens (tertiary/aromatic N) is 4. The fourth-order valence-electron chi connectivity index (χ4n) is 3.87. The fraction of sp³-hybridized carbons (Fsp3) is 0.650. The van der Waals surface area contributed by atoms with Crippen LogP contribution in [0.15, 0.2) is 23.2 Å². The van der Waals surface area contributed by atoms with Gasteiger partial charge in [-0.15, -0.1) is 24.0 Å². The Bertz CT molecular complexity index is 649. The predicted octanol–water partition coefficient (Wildman–Crippen LogP) is 1.72. The summed E-state index contributed by atoms with van der Waals surface area (Å²) in [6, 6.07) is 6.48. The van der Waals surface area contributed by atoms with E-state index >= 15 is 0 Å². The lowest BCUT2D eigenvalue weighted by atomic mass is 10.1. The van der Waals surface area contributed by atoms with Gasteiger partial charge in [0.1, 0.15) is 11.5 Å². The van der Waals surface area contributed by atoms with Crippen LogP contribution in [-0.2, 0) is 6.54 Å². The number of ether oxygens (including phenoxy) is 2. The first-order valence-electron chi connectivity index (χ1n) is 9.81. The number of piperazine rings is 3. The molecule has 158 valence electrons. The zero-order valence-electron chi connectivity index (χ0n) is 17.5. The second-order valence-corrected chi connectivity index (χ2v) is 7.22. The second kappa shape index (κ2) is 11.1. The largest absolute Gasteiger partial charge is 0.497 e. The quantitative estimate of drug-likeness (QED) is 0.348. The molecule has 0 spiro atoms. The molecule has 28 heavy (non-hydrogen) atoms. The van der Waals surface area contributed by atoms with Crippen molar-refractivity contribution in [1.29, 1.82) is 0 Å². The number of halogens is 1. The summed E-state index contributed by atoms with van der Waals surface area (Å²) in [5, 5.41) is 3.42. The monoisotopic (exact) mass is 503 g/mol. The molecule has 1 N–H and O–H groups in total. The lowest BCUT2D eigenvalue weighted by molar-refractivity contribution is 0.0173. The molecule has 0 saturated carbocycles. The number of benzene rings is 1. The standard InChI is InChI=1S/C20H33N5O2.HI/c1-5-21-20(22-13-17-15-24-8-10-25(17)11-9-24)23(2)14-16-6-7-18(26-3)12-19(16)27-4;/h6-7,12,17H,5,8-11,13-15H2,1-4H3,(H,21,22);1H. The number of fused-ring (bicyclic) bond motifs is 3. The van der Waals surface area contributed by atoms with E-state index < -0.39 is 0 Å². The molecule has 0 aromatic heterocycles. The third-order valence-corrected chi connectivity index (χ3v) is 5.44. The fourth-order valence-corrected chi connectivity index (χ4v) is 3.87. The normalized spacial score (nSPS) is 23.7. The molecule has 1 atom stereocenters.